The number of carboxylic acids is 1. The van der Waals surface area contributed by atoms with Crippen LogP contribution in [0.25, 0.3) is 0 Å². The molecule has 3 nitrogen and oxygen atoms in total. The third-order valence-electron chi connectivity index (χ3n) is 3.06. The molecule has 0 aromatic carbocycles. The van der Waals surface area contributed by atoms with Gasteiger partial charge in [0, 0.05) is 28.0 Å². The van der Waals surface area contributed by atoms with E-state index >= 15 is 0 Å². The van der Waals surface area contributed by atoms with Crippen LogP contribution in [0.5, 0.6) is 0 Å². The highest BCUT2D eigenvalue weighted by molar-refractivity contribution is 7.87. The minimum absolute atomic E-state index is 0.584. The van der Waals surface area contributed by atoms with Gasteiger partial charge in [-0.05, 0) is 6.42 Å². The van der Waals surface area contributed by atoms with Crippen molar-refractivity contribution in [2.45, 2.75) is 71.1 Å². The fourth-order valence-electron chi connectivity index (χ4n) is 1.93. The molecular formula is C15H28O3S. The van der Waals surface area contributed by atoms with E-state index in [4.69, 9.17) is 5.11 Å². The molecule has 0 amide bonds. The zero-order valence-corrected chi connectivity index (χ0v) is 12.9. The summed E-state index contributed by atoms with van der Waals surface area (Å²) < 4.78 is 11.3. The number of hydrogen-bond donors (Lipinski definition) is 1. The fraction of sp³-hybridized carbons (Fsp3) is 0.800. The number of rotatable bonds is 13. The van der Waals surface area contributed by atoms with E-state index in [0.717, 1.165) is 18.9 Å². The van der Waals surface area contributed by atoms with Crippen molar-refractivity contribution in [3.8, 4) is 0 Å². The molecule has 0 aliphatic carbocycles. The monoisotopic (exact) mass is 288 g/mol. The number of hydrogen-bond acceptors (Lipinski definition) is 2. The maximum absolute atomic E-state index is 11.3. The molecule has 0 aromatic rings. The highest BCUT2D eigenvalue weighted by Gasteiger charge is 1.97. The zero-order valence-electron chi connectivity index (χ0n) is 12.1. The van der Waals surface area contributed by atoms with Gasteiger partial charge < -0.3 is 5.11 Å². The van der Waals surface area contributed by atoms with Crippen molar-refractivity contribution in [1.82, 2.24) is 0 Å². The summed E-state index contributed by atoms with van der Waals surface area (Å²) in [4.78, 5) is 10.2. The Bertz CT molecular complexity index is 275. The van der Waals surface area contributed by atoms with Gasteiger partial charge in [0.05, 0.1) is 0 Å². The number of carbonyl (C=O) groups is 1. The van der Waals surface area contributed by atoms with E-state index in [1.807, 2.05) is 0 Å². The van der Waals surface area contributed by atoms with Gasteiger partial charge in [-0.15, -0.1) is 0 Å². The SMILES string of the molecule is CCCCCCCCCCCCS(=O)C=CC(=O)O. The smallest absolute Gasteiger partial charge is 0.328 e. The molecular weight excluding hydrogens is 260 g/mol. The maximum Gasteiger partial charge on any atom is 0.328 e. The van der Waals surface area contributed by atoms with Crippen molar-refractivity contribution in [1.29, 1.82) is 0 Å². The third kappa shape index (κ3) is 15.3. The molecule has 1 atom stereocenters. The predicted octanol–water partition coefficient (Wildman–Crippen LogP) is 4.25. The summed E-state index contributed by atoms with van der Waals surface area (Å²) in [7, 11) is -1.11. The lowest BCUT2D eigenvalue weighted by Crippen LogP contribution is -1.95. The highest BCUT2D eigenvalue weighted by atomic mass is 32.2. The Morgan fingerprint density at radius 2 is 1.42 bits per heavy atom. The summed E-state index contributed by atoms with van der Waals surface area (Å²) in [5.41, 5.74) is 0. The second-order valence-corrected chi connectivity index (χ2v) is 6.35. The van der Waals surface area contributed by atoms with Gasteiger partial charge in [-0.25, -0.2) is 4.79 Å². The molecule has 0 fully saturated rings. The van der Waals surface area contributed by atoms with Crippen molar-refractivity contribution >= 4 is 16.8 Å². The van der Waals surface area contributed by atoms with Crippen LogP contribution in [0.1, 0.15) is 71.1 Å². The molecule has 0 saturated carbocycles. The van der Waals surface area contributed by atoms with Gasteiger partial charge in [-0.2, -0.15) is 0 Å². The van der Waals surface area contributed by atoms with E-state index in [1.165, 1.54) is 56.8 Å². The molecule has 0 aromatic heterocycles. The van der Waals surface area contributed by atoms with E-state index in [0.29, 0.717) is 5.75 Å². The van der Waals surface area contributed by atoms with Crippen LogP contribution in [0.15, 0.2) is 11.5 Å². The largest absolute Gasteiger partial charge is 0.478 e. The van der Waals surface area contributed by atoms with Gasteiger partial charge >= 0.3 is 5.97 Å². The molecule has 0 aliphatic heterocycles. The van der Waals surface area contributed by atoms with Gasteiger partial charge in [0.25, 0.3) is 0 Å². The van der Waals surface area contributed by atoms with Crippen LogP contribution in [-0.2, 0) is 15.6 Å². The Labute approximate surface area is 119 Å². The van der Waals surface area contributed by atoms with Gasteiger partial charge in [-0.1, -0.05) is 64.7 Å². The minimum Gasteiger partial charge on any atom is -0.478 e. The van der Waals surface area contributed by atoms with E-state index in [-0.39, 0.29) is 0 Å². The Morgan fingerprint density at radius 3 is 1.89 bits per heavy atom. The number of unbranched alkanes of at least 4 members (excludes halogenated alkanes) is 9. The topological polar surface area (TPSA) is 54.4 Å². The van der Waals surface area contributed by atoms with Crippen molar-refractivity contribution in [3.63, 3.8) is 0 Å². The first-order chi connectivity index (χ1) is 9.16. The molecule has 112 valence electrons. The predicted molar refractivity (Wildman–Crippen MR) is 81.6 cm³/mol. The molecule has 1 N–H and O–H groups in total. The van der Waals surface area contributed by atoms with Gasteiger partial charge in [0.15, 0.2) is 0 Å². The van der Waals surface area contributed by atoms with Crippen molar-refractivity contribution in [2.24, 2.45) is 0 Å². The molecule has 0 rings (SSSR count). The molecule has 1 unspecified atom stereocenters. The molecule has 4 heteroatoms. The van der Waals surface area contributed by atoms with Crippen LogP contribution in [0.2, 0.25) is 0 Å². The zero-order chi connectivity index (χ0) is 14.3. The molecule has 0 radical (unpaired) electrons. The first-order valence-corrected chi connectivity index (χ1v) is 8.83. The van der Waals surface area contributed by atoms with Crippen LogP contribution in [0.3, 0.4) is 0 Å². The summed E-state index contributed by atoms with van der Waals surface area (Å²) in [6.45, 7) is 2.23. The van der Waals surface area contributed by atoms with E-state index < -0.39 is 16.8 Å². The lowest BCUT2D eigenvalue weighted by molar-refractivity contribution is -0.131. The molecule has 0 heterocycles. The fourth-order valence-corrected chi connectivity index (χ4v) is 2.83. The minimum atomic E-state index is -1.11. The Kier molecular flexibility index (Phi) is 13.3. The quantitative estimate of drug-likeness (QED) is 0.407. The van der Waals surface area contributed by atoms with E-state index in [9.17, 15) is 9.00 Å². The maximum atomic E-state index is 11.3. The van der Waals surface area contributed by atoms with Crippen LogP contribution < -0.4 is 0 Å². The van der Waals surface area contributed by atoms with Crippen LogP contribution in [0.4, 0.5) is 0 Å². The molecule has 0 spiro atoms. The van der Waals surface area contributed by atoms with Crippen LogP contribution >= 0.6 is 0 Å². The summed E-state index contributed by atoms with van der Waals surface area (Å²) >= 11 is 0. The lowest BCUT2D eigenvalue weighted by atomic mass is 10.1. The first kappa shape index (κ1) is 18.4. The van der Waals surface area contributed by atoms with Gasteiger partial charge in [0.1, 0.15) is 0 Å². The second kappa shape index (κ2) is 13.8. The number of aliphatic carboxylic acids is 1. The third-order valence-corrected chi connectivity index (χ3v) is 4.19. The summed E-state index contributed by atoms with van der Waals surface area (Å²) in [5, 5.41) is 9.66. The van der Waals surface area contributed by atoms with Crippen molar-refractivity contribution in [3.05, 3.63) is 11.5 Å². The summed E-state index contributed by atoms with van der Waals surface area (Å²) in [6, 6.07) is 0. The average Bonchev–Trinajstić information content (AvgIpc) is 2.38. The summed E-state index contributed by atoms with van der Waals surface area (Å²) in [6.07, 6.45) is 13.5. The van der Waals surface area contributed by atoms with Crippen LogP contribution in [0, 0.1) is 0 Å². The second-order valence-electron chi connectivity index (χ2n) is 4.91. The summed E-state index contributed by atoms with van der Waals surface area (Å²) in [5.74, 6) is -0.447. The van der Waals surface area contributed by atoms with Crippen molar-refractivity contribution in [2.75, 3.05) is 5.75 Å². The van der Waals surface area contributed by atoms with Gasteiger partial charge in [0.2, 0.25) is 0 Å². The first-order valence-electron chi connectivity index (χ1n) is 7.45. The Morgan fingerprint density at radius 1 is 0.947 bits per heavy atom. The van der Waals surface area contributed by atoms with E-state index in [2.05, 4.69) is 6.92 Å². The Hall–Kier alpha value is -0.640. The van der Waals surface area contributed by atoms with E-state index in [1.54, 1.807) is 0 Å². The molecule has 0 bridgehead atoms. The molecule has 19 heavy (non-hydrogen) atoms. The molecule has 0 aliphatic rings. The lowest BCUT2D eigenvalue weighted by Gasteiger charge is -2.01. The Balaban J connectivity index is 3.22. The molecule has 0 saturated heterocycles. The van der Waals surface area contributed by atoms with Crippen molar-refractivity contribution < 1.29 is 14.1 Å². The number of carboxylic acid groups (broad SMARTS) is 1. The average molecular weight is 288 g/mol. The standard InChI is InChI=1S/C15H28O3S/c1-2-3-4-5-6-7-8-9-10-11-13-19(18)14-12-15(16)17/h12,14H,2-11,13H2,1H3,(H,16,17). The van der Waals surface area contributed by atoms with Crippen LogP contribution in [-0.4, -0.2) is 21.0 Å². The highest BCUT2D eigenvalue weighted by Crippen LogP contribution is 2.10. The van der Waals surface area contributed by atoms with Gasteiger partial charge in [-0.3, -0.25) is 4.21 Å². The normalized spacial score (nSPS) is 12.9.